The molecule has 0 bridgehead atoms. The quantitative estimate of drug-likeness (QED) is 0.812. The number of aromatic nitrogens is 2. The average molecular weight is 293 g/mol. The molecule has 1 saturated carbocycles. The maximum Gasteiger partial charge on any atom is 0.249 e. The number of carbonyl (C=O) groups excluding carboxylic acids is 1. The van der Waals surface area contributed by atoms with Gasteiger partial charge in [-0.05, 0) is 31.7 Å². The standard InChI is InChI=1S/C16H27N3O2/c1-3-12-10-13(19-18-12)11-17-16(20)15(4-2)21-14-8-6-5-7-9-14/h10,14-15H,3-9,11H2,1-2H3,(H,17,20)(H,18,19). The number of ether oxygens (including phenoxy) is 1. The van der Waals surface area contributed by atoms with E-state index in [0.29, 0.717) is 13.0 Å². The van der Waals surface area contributed by atoms with Crippen molar-refractivity contribution >= 4 is 5.91 Å². The number of nitrogens with one attached hydrogen (secondary N) is 2. The number of nitrogens with zero attached hydrogens (tertiary/aromatic N) is 1. The van der Waals surface area contributed by atoms with Crippen LogP contribution in [0.25, 0.3) is 0 Å². The molecule has 1 fully saturated rings. The van der Waals surface area contributed by atoms with E-state index in [1.165, 1.54) is 19.3 Å². The number of aryl methyl sites for hydroxylation is 1. The van der Waals surface area contributed by atoms with Crippen molar-refractivity contribution in [2.45, 2.75) is 77.5 Å². The van der Waals surface area contributed by atoms with E-state index in [9.17, 15) is 4.79 Å². The summed E-state index contributed by atoms with van der Waals surface area (Å²) in [5.41, 5.74) is 1.96. The summed E-state index contributed by atoms with van der Waals surface area (Å²) >= 11 is 0. The molecule has 0 saturated heterocycles. The van der Waals surface area contributed by atoms with E-state index in [4.69, 9.17) is 4.74 Å². The van der Waals surface area contributed by atoms with Crippen LogP contribution in [0.4, 0.5) is 0 Å². The minimum absolute atomic E-state index is 0.0179. The van der Waals surface area contributed by atoms with Gasteiger partial charge in [0.15, 0.2) is 0 Å². The molecule has 1 atom stereocenters. The molecule has 1 aliphatic rings. The fourth-order valence-electron chi connectivity index (χ4n) is 2.75. The molecular weight excluding hydrogens is 266 g/mol. The van der Waals surface area contributed by atoms with Gasteiger partial charge in [-0.2, -0.15) is 5.10 Å². The van der Waals surface area contributed by atoms with E-state index in [2.05, 4.69) is 22.4 Å². The van der Waals surface area contributed by atoms with Gasteiger partial charge in [-0.1, -0.05) is 33.1 Å². The molecule has 21 heavy (non-hydrogen) atoms. The molecular formula is C16H27N3O2. The molecule has 0 aliphatic heterocycles. The van der Waals surface area contributed by atoms with Crippen molar-refractivity contribution in [2.75, 3.05) is 0 Å². The van der Waals surface area contributed by atoms with Gasteiger partial charge < -0.3 is 10.1 Å². The summed E-state index contributed by atoms with van der Waals surface area (Å²) in [6.07, 6.45) is 7.44. The van der Waals surface area contributed by atoms with Crippen molar-refractivity contribution in [3.63, 3.8) is 0 Å². The maximum absolute atomic E-state index is 12.2. The average Bonchev–Trinajstić information content (AvgIpc) is 2.99. The Kier molecular flexibility index (Phi) is 6.23. The van der Waals surface area contributed by atoms with Crippen molar-refractivity contribution < 1.29 is 9.53 Å². The van der Waals surface area contributed by atoms with Gasteiger partial charge in [-0.25, -0.2) is 0 Å². The Labute approximate surface area is 126 Å². The van der Waals surface area contributed by atoms with Crippen LogP contribution in [-0.4, -0.2) is 28.3 Å². The van der Waals surface area contributed by atoms with Crippen LogP contribution in [0, 0.1) is 0 Å². The van der Waals surface area contributed by atoms with Gasteiger partial charge in [0.1, 0.15) is 6.10 Å². The molecule has 0 radical (unpaired) electrons. The second-order valence-electron chi connectivity index (χ2n) is 5.75. The summed E-state index contributed by atoms with van der Waals surface area (Å²) in [5.74, 6) is -0.0179. The smallest absolute Gasteiger partial charge is 0.249 e. The predicted molar refractivity (Wildman–Crippen MR) is 81.8 cm³/mol. The first-order valence-electron chi connectivity index (χ1n) is 8.19. The zero-order valence-corrected chi connectivity index (χ0v) is 13.2. The van der Waals surface area contributed by atoms with Crippen LogP contribution >= 0.6 is 0 Å². The molecule has 5 heteroatoms. The molecule has 5 nitrogen and oxygen atoms in total. The van der Waals surface area contributed by atoms with Crippen molar-refractivity contribution in [3.05, 3.63) is 17.5 Å². The second kappa shape index (κ2) is 8.17. The Morgan fingerprint density at radius 1 is 1.43 bits per heavy atom. The van der Waals surface area contributed by atoms with Crippen LogP contribution in [0.5, 0.6) is 0 Å². The second-order valence-corrected chi connectivity index (χ2v) is 5.75. The monoisotopic (exact) mass is 293 g/mol. The van der Waals surface area contributed by atoms with Crippen LogP contribution in [0.3, 0.4) is 0 Å². The Balaban J connectivity index is 1.78. The SMILES string of the molecule is CCc1cc(CNC(=O)C(CC)OC2CCCCC2)[nH]n1. The van der Waals surface area contributed by atoms with E-state index >= 15 is 0 Å². The van der Waals surface area contributed by atoms with E-state index in [1.807, 2.05) is 13.0 Å². The minimum Gasteiger partial charge on any atom is -0.365 e. The van der Waals surface area contributed by atoms with E-state index in [-0.39, 0.29) is 18.1 Å². The Morgan fingerprint density at radius 2 is 2.19 bits per heavy atom. The zero-order chi connectivity index (χ0) is 15.1. The van der Waals surface area contributed by atoms with Crippen LogP contribution in [-0.2, 0) is 22.5 Å². The topological polar surface area (TPSA) is 67.0 Å². The van der Waals surface area contributed by atoms with E-state index in [1.54, 1.807) is 0 Å². The number of amides is 1. The number of rotatable bonds is 7. The molecule has 1 unspecified atom stereocenters. The molecule has 0 aromatic carbocycles. The predicted octanol–water partition coefficient (Wildman–Crippen LogP) is 2.72. The van der Waals surface area contributed by atoms with Crippen LogP contribution in [0.1, 0.15) is 63.8 Å². The van der Waals surface area contributed by atoms with Gasteiger partial charge in [0.25, 0.3) is 0 Å². The number of hydrogen-bond acceptors (Lipinski definition) is 3. The van der Waals surface area contributed by atoms with E-state index in [0.717, 1.165) is 30.7 Å². The highest BCUT2D eigenvalue weighted by molar-refractivity contribution is 5.80. The molecule has 1 aromatic heterocycles. The van der Waals surface area contributed by atoms with E-state index < -0.39 is 0 Å². The lowest BCUT2D eigenvalue weighted by molar-refractivity contribution is -0.138. The minimum atomic E-state index is -0.332. The van der Waals surface area contributed by atoms with Crippen LogP contribution in [0.15, 0.2) is 6.07 Å². The molecule has 0 spiro atoms. The first-order chi connectivity index (χ1) is 10.2. The number of hydrogen-bond donors (Lipinski definition) is 2. The summed E-state index contributed by atoms with van der Waals surface area (Å²) in [6, 6.07) is 1.99. The number of aromatic amines is 1. The van der Waals surface area contributed by atoms with Gasteiger partial charge >= 0.3 is 0 Å². The molecule has 1 aliphatic carbocycles. The summed E-state index contributed by atoms with van der Waals surface area (Å²) in [6.45, 7) is 4.54. The van der Waals surface area contributed by atoms with Gasteiger partial charge in [0, 0.05) is 0 Å². The molecule has 1 heterocycles. The van der Waals surface area contributed by atoms with Crippen molar-refractivity contribution in [1.29, 1.82) is 0 Å². The van der Waals surface area contributed by atoms with Gasteiger partial charge in [-0.3, -0.25) is 9.89 Å². The summed E-state index contributed by atoms with van der Waals surface area (Å²) in [7, 11) is 0. The summed E-state index contributed by atoms with van der Waals surface area (Å²) in [4.78, 5) is 12.2. The van der Waals surface area contributed by atoms with Gasteiger partial charge in [0.2, 0.25) is 5.91 Å². The number of H-pyrrole nitrogens is 1. The van der Waals surface area contributed by atoms with Gasteiger partial charge in [-0.15, -0.1) is 0 Å². The Morgan fingerprint density at radius 3 is 2.81 bits per heavy atom. The fourth-order valence-corrected chi connectivity index (χ4v) is 2.75. The maximum atomic E-state index is 12.2. The summed E-state index contributed by atoms with van der Waals surface area (Å²) in [5, 5.41) is 10.1. The summed E-state index contributed by atoms with van der Waals surface area (Å²) < 4.78 is 5.98. The first-order valence-corrected chi connectivity index (χ1v) is 8.19. The molecule has 1 aromatic rings. The van der Waals surface area contributed by atoms with Crippen LogP contribution in [0.2, 0.25) is 0 Å². The highest BCUT2D eigenvalue weighted by atomic mass is 16.5. The lowest BCUT2D eigenvalue weighted by atomic mass is 9.97. The lowest BCUT2D eigenvalue weighted by Crippen LogP contribution is -2.38. The van der Waals surface area contributed by atoms with Crippen molar-refractivity contribution in [2.24, 2.45) is 0 Å². The molecule has 1 amide bonds. The first kappa shape index (κ1) is 16.0. The third-order valence-corrected chi connectivity index (χ3v) is 4.07. The van der Waals surface area contributed by atoms with Crippen LogP contribution < -0.4 is 5.32 Å². The highest BCUT2D eigenvalue weighted by Gasteiger charge is 2.23. The molecule has 2 N–H and O–H groups in total. The Hall–Kier alpha value is -1.36. The van der Waals surface area contributed by atoms with Crippen molar-refractivity contribution in [1.82, 2.24) is 15.5 Å². The molecule has 2 rings (SSSR count). The third kappa shape index (κ3) is 4.84. The normalized spacial score (nSPS) is 17.6. The van der Waals surface area contributed by atoms with Gasteiger partial charge in [0.05, 0.1) is 24.0 Å². The fraction of sp³-hybridized carbons (Fsp3) is 0.750. The third-order valence-electron chi connectivity index (χ3n) is 4.07. The Bertz CT molecular complexity index is 438. The number of carbonyl (C=O) groups is 1. The molecule has 118 valence electrons. The van der Waals surface area contributed by atoms with Crippen molar-refractivity contribution in [3.8, 4) is 0 Å². The lowest BCUT2D eigenvalue weighted by Gasteiger charge is -2.26. The zero-order valence-electron chi connectivity index (χ0n) is 13.2. The largest absolute Gasteiger partial charge is 0.365 e. The highest BCUT2D eigenvalue weighted by Crippen LogP contribution is 2.22.